The number of aromatic nitrogens is 2. The van der Waals surface area contributed by atoms with Crippen molar-refractivity contribution in [2.24, 2.45) is 0 Å². The summed E-state index contributed by atoms with van der Waals surface area (Å²) in [5, 5.41) is 9.58. The fourth-order valence-electron chi connectivity index (χ4n) is 2.63. The summed E-state index contributed by atoms with van der Waals surface area (Å²) in [6.45, 7) is 1.94. The quantitative estimate of drug-likeness (QED) is 0.481. The molecule has 1 aromatic heterocycles. The lowest BCUT2D eigenvalue weighted by Crippen LogP contribution is -2.23. The molecule has 2 aromatic carbocycles. The summed E-state index contributed by atoms with van der Waals surface area (Å²) in [6.07, 6.45) is 0. The van der Waals surface area contributed by atoms with E-state index in [1.165, 1.54) is 13.2 Å². The van der Waals surface area contributed by atoms with Gasteiger partial charge in [0, 0.05) is 22.3 Å². The Kier molecular flexibility index (Phi) is 6.36. The van der Waals surface area contributed by atoms with Crippen LogP contribution in [-0.2, 0) is 10.0 Å². The summed E-state index contributed by atoms with van der Waals surface area (Å²) in [6, 6.07) is 13.4. The van der Waals surface area contributed by atoms with Gasteiger partial charge in [0.1, 0.15) is 16.3 Å². The minimum atomic E-state index is -3.73. The normalized spacial score (nSPS) is 11.3. The predicted octanol–water partition coefficient (Wildman–Crippen LogP) is 3.40. The maximum absolute atomic E-state index is 12.4. The molecule has 10 heteroatoms. The van der Waals surface area contributed by atoms with Crippen LogP contribution in [0.2, 0.25) is 0 Å². The van der Waals surface area contributed by atoms with Gasteiger partial charge in [-0.1, -0.05) is 22.9 Å². The van der Waals surface area contributed by atoms with Crippen molar-refractivity contribution in [3.05, 3.63) is 58.7 Å². The summed E-state index contributed by atoms with van der Waals surface area (Å²) >= 11 is 3.34. The molecule has 0 aliphatic heterocycles. The molecular weight excluding hydrogens is 460 g/mol. The smallest absolute Gasteiger partial charge is 0.273 e. The molecule has 8 nitrogen and oxygen atoms in total. The van der Waals surface area contributed by atoms with Crippen LogP contribution in [0.3, 0.4) is 0 Å². The molecule has 0 fully saturated rings. The number of nitrogens with zero attached hydrogens (tertiary/aromatic N) is 1. The Hall–Kier alpha value is -2.69. The maximum atomic E-state index is 12.4. The minimum absolute atomic E-state index is 0.00298. The zero-order valence-corrected chi connectivity index (χ0v) is 18.1. The summed E-state index contributed by atoms with van der Waals surface area (Å²) in [5.41, 5.74) is 1.84. The van der Waals surface area contributed by atoms with Crippen LogP contribution in [0.1, 0.15) is 17.4 Å². The highest BCUT2D eigenvalue weighted by Crippen LogP contribution is 2.29. The second-order valence-electron chi connectivity index (χ2n) is 5.99. The molecule has 0 aliphatic rings. The predicted molar refractivity (Wildman–Crippen MR) is 114 cm³/mol. The number of amides is 1. The number of anilines is 1. The monoisotopic (exact) mass is 478 g/mol. The number of aromatic amines is 1. The number of rotatable bonds is 7. The van der Waals surface area contributed by atoms with E-state index in [0.29, 0.717) is 16.9 Å². The van der Waals surface area contributed by atoms with Gasteiger partial charge in [-0.3, -0.25) is 9.89 Å². The van der Waals surface area contributed by atoms with Crippen molar-refractivity contribution in [3.63, 3.8) is 0 Å². The van der Waals surface area contributed by atoms with Crippen LogP contribution in [-0.4, -0.2) is 38.2 Å². The first-order valence-electron chi connectivity index (χ1n) is 8.64. The molecule has 3 aromatic rings. The summed E-state index contributed by atoms with van der Waals surface area (Å²) < 4.78 is 33.4. The molecule has 0 atom stereocenters. The van der Waals surface area contributed by atoms with Gasteiger partial charge in [-0.25, -0.2) is 13.1 Å². The summed E-state index contributed by atoms with van der Waals surface area (Å²) in [5.74, 6) is -0.140. The Bertz CT molecular complexity index is 1130. The molecule has 0 aliphatic carbocycles. The van der Waals surface area contributed by atoms with E-state index in [2.05, 4.69) is 36.2 Å². The third-order valence-corrected chi connectivity index (χ3v) is 6.10. The van der Waals surface area contributed by atoms with Crippen molar-refractivity contribution >= 4 is 37.5 Å². The van der Waals surface area contributed by atoms with Crippen molar-refractivity contribution in [1.82, 2.24) is 14.9 Å². The zero-order chi connectivity index (χ0) is 21.0. The van der Waals surface area contributed by atoms with Gasteiger partial charge in [0.15, 0.2) is 0 Å². The Balaban J connectivity index is 1.88. The van der Waals surface area contributed by atoms with E-state index < -0.39 is 10.0 Å². The molecular formula is C19H19BrN4O4S. The first-order chi connectivity index (χ1) is 13.8. The van der Waals surface area contributed by atoms with E-state index in [1.54, 1.807) is 37.3 Å². The topological polar surface area (TPSA) is 113 Å². The number of hydrogen-bond donors (Lipinski definition) is 3. The van der Waals surface area contributed by atoms with Gasteiger partial charge >= 0.3 is 0 Å². The molecule has 0 saturated carbocycles. The van der Waals surface area contributed by atoms with Gasteiger partial charge in [-0.05, 0) is 48.5 Å². The average Bonchev–Trinajstić information content (AvgIpc) is 3.19. The van der Waals surface area contributed by atoms with Gasteiger partial charge in [0.2, 0.25) is 10.0 Å². The van der Waals surface area contributed by atoms with E-state index in [1.807, 2.05) is 12.1 Å². The number of nitrogens with one attached hydrogen (secondary N) is 3. The van der Waals surface area contributed by atoms with Crippen molar-refractivity contribution in [1.29, 1.82) is 0 Å². The molecule has 3 rings (SSSR count). The molecule has 0 spiro atoms. The number of carbonyl (C=O) groups excluding carboxylic acids is 1. The van der Waals surface area contributed by atoms with E-state index in [-0.39, 0.29) is 28.8 Å². The van der Waals surface area contributed by atoms with Crippen LogP contribution in [0, 0.1) is 0 Å². The number of hydrogen-bond acceptors (Lipinski definition) is 5. The van der Waals surface area contributed by atoms with Crippen LogP contribution in [0.5, 0.6) is 5.75 Å². The van der Waals surface area contributed by atoms with Crippen LogP contribution in [0.4, 0.5) is 5.69 Å². The van der Waals surface area contributed by atoms with Gasteiger partial charge in [0.05, 0.1) is 12.8 Å². The fourth-order valence-corrected chi connectivity index (χ4v) is 4.13. The van der Waals surface area contributed by atoms with Crippen molar-refractivity contribution in [2.75, 3.05) is 19.0 Å². The number of H-pyrrole nitrogens is 1. The number of methoxy groups -OCH3 is 1. The van der Waals surface area contributed by atoms with Crippen molar-refractivity contribution in [3.8, 4) is 17.0 Å². The van der Waals surface area contributed by atoms with Crippen LogP contribution in [0.25, 0.3) is 11.3 Å². The van der Waals surface area contributed by atoms with E-state index in [4.69, 9.17) is 4.74 Å². The van der Waals surface area contributed by atoms with Crippen LogP contribution < -0.4 is 14.8 Å². The first-order valence-corrected chi connectivity index (χ1v) is 10.9. The highest BCUT2D eigenvalue weighted by atomic mass is 79.9. The largest absolute Gasteiger partial charge is 0.495 e. The highest BCUT2D eigenvalue weighted by molar-refractivity contribution is 9.10. The zero-order valence-electron chi connectivity index (χ0n) is 15.7. The Labute approximate surface area is 176 Å². The SMILES string of the molecule is CCNS(=O)(=O)c1cc(-c2cc(C(=O)Nc3ccc(Br)cc3)[nH]n2)ccc1OC. The van der Waals surface area contributed by atoms with Gasteiger partial charge < -0.3 is 10.1 Å². The number of carbonyl (C=O) groups is 1. The second-order valence-corrected chi connectivity index (χ2v) is 8.65. The molecule has 0 unspecified atom stereocenters. The average molecular weight is 479 g/mol. The van der Waals surface area contributed by atoms with E-state index in [9.17, 15) is 13.2 Å². The van der Waals surface area contributed by atoms with Crippen LogP contribution >= 0.6 is 15.9 Å². The third kappa shape index (κ3) is 4.84. The molecule has 0 bridgehead atoms. The van der Waals surface area contributed by atoms with Crippen molar-refractivity contribution < 1.29 is 17.9 Å². The maximum Gasteiger partial charge on any atom is 0.273 e. The Morgan fingerprint density at radius 3 is 2.55 bits per heavy atom. The van der Waals surface area contributed by atoms with Gasteiger partial charge in [-0.15, -0.1) is 0 Å². The lowest BCUT2D eigenvalue weighted by atomic mass is 10.1. The number of benzene rings is 2. The Morgan fingerprint density at radius 1 is 1.17 bits per heavy atom. The molecule has 152 valence electrons. The molecule has 1 amide bonds. The Morgan fingerprint density at radius 2 is 1.90 bits per heavy atom. The lowest BCUT2D eigenvalue weighted by Gasteiger charge is -2.11. The van der Waals surface area contributed by atoms with Gasteiger partial charge in [0.25, 0.3) is 5.91 Å². The van der Waals surface area contributed by atoms with Crippen LogP contribution in [0.15, 0.2) is 57.9 Å². The van der Waals surface area contributed by atoms with Crippen molar-refractivity contribution in [2.45, 2.75) is 11.8 Å². The van der Waals surface area contributed by atoms with E-state index in [0.717, 1.165) is 4.47 Å². The summed E-state index contributed by atoms with van der Waals surface area (Å²) in [4.78, 5) is 12.4. The third-order valence-electron chi connectivity index (χ3n) is 4.01. The summed E-state index contributed by atoms with van der Waals surface area (Å²) in [7, 11) is -2.33. The number of halogens is 1. The molecule has 0 radical (unpaired) electrons. The fraction of sp³-hybridized carbons (Fsp3) is 0.158. The van der Waals surface area contributed by atoms with E-state index >= 15 is 0 Å². The highest BCUT2D eigenvalue weighted by Gasteiger charge is 2.20. The first kappa shape index (κ1) is 21.0. The molecule has 1 heterocycles. The van der Waals surface area contributed by atoms with Gasteiger partial charge in [-0.2, -0.15) is 5.10 Å². The molecule has 3 N–H and O–H groups in total. The molecule has 29 heavy (non-hydrogen) atoms. The second kappa shape index (κ2) is 8.76. The number of sulfonamides is 1. The standard InChI is InChI=1S/C19H19BrN4O4S/c1-3-21-29(26,27)18-10-12(4-9-17(18)28-2)15-11-16(24-23-15)19(25)22-14-7-5-13(20)6-8-14/h4-11,21H,3H2,1-2H3,(H,22,25)(H,23,24). The lowest BCUT2D eigenvalue weighted by molar-refractivity contribution is 0.102. The minimum Gasteiger partial charge on any atom is -0.495 e. The molecule has 0 saturated heterocycles. The number of ether oxygens (including phenoxy) is 1.